The number of aromatic hydroxyl groups is 1. The molecule has 0 amide bonds. The van der Waals surface area contributed by atoms with Crippen LogP contribution in [0.5, 0.6) is 5.75 Å². The van der Waals surface area contributed by atoms with Gasteiger partial charge >= 0.3 is 0 Å². The van der Waals surface area contributed by atoms with Crippen molar-refractivity contribution in [2.24, 2.45) is 0 Å². The van der Waals surface area contributed by atoms with E-state index in [2.05, 4.69) is 4.98 Å². The van der Waals surface area contributed by atoms with Gasteiger partial charge in [-0.2, -0.15) is 0 Å². The third kappa shape index (κ3) is 1.89. The number of benzene rings is 1. The van der Waals surface area contributed by atoms with Crippen molar-refractivity contribution in [2.75, 3.05) is 0 Å². The average Bonchev–Trinajstić information content (AvgIpc) is 2.66. The van der Waals surface area contributed by atoms with Crippen molar-refractivity contribution < 1.29 is 9.90 Å². The first-order chi connectivity index (χ1) is 7.20. The SMILES string of the molecule is Cc1nc(-c2ccc(O)c(C=O)c2)cs1. The Morgan fingerprint density at radius 3 is 2.87 bits per heavy atom. The molecule has 1 heterocycles. The van der Waals surface area contributed by atoms with Crippen LogP contribution in [0.1, 0.15) is 15.4 Å². The van der Waals surface area contributed by atoms with E-state index in [0.29, 0.717) is 6.29 Å². The lowest BCUT2D eigenvalue weighted by molar-refractivity contribution is 0.112. The zero-order valence-corrected chi connectivity index (χ0v) is 8.91. The highest BCUT2D eigenvalue weighted by molar-refractivity contribution is 7.09. The summed E-state index contributed by atoms with van der Waals surface area (Å²) in [5.41, 5.74) is 1.97. The van der Waals surface area contributed by atoms with E-state index in [1.807, 2.05) is 12.3 Å². The van der Waals surface area contributed by atoms with Crippen LogP contribution < -0.4 is 0 Å². The standard InChI is InChI=1S/C11H9NO2S/c1-7-12-10(6-15-7)8-2-3-11(14)9(4-8)5-13/h2-6,14H,1H3. The molecule has 0 atom stereocenters. The molecule has 0 unspecified atom stereocenters. The smallest absolute Gasteiger partial charge is 0.153 e. The molecule has 2 rings (SSSR count). The summed E-state index contributed by atoms with van der Waals surface area (Å²) in [6, 6.07) is 4.89. The van der Waals surface area contributed by atoms with Gasteiger partial charge in [0.05, 0.1) is 16.3 Å². The Labute approximate surface area is 91.0 Å². The van der Waals surface area contributed by atoms with E-state index >= 15 is 0 Å². The van der Waals surface area contributed by atoms with Gasteiger partial charge in [-0.15, -0.1) is 11.3 Å². The van der Waals surface area contributed by atoms with Gasteiger partial charge in [-0.25, -0.2) is 4.98 Å². The van der Waals surface area contributed by atoms with Crippen molar-refractivity contribution in [3.8, 4) is 17.0 Å². The first-order valence-corrected chi connectivity index (χ1v) is 5.29. The normalized spacial score (nSPS) is 10.2. The van der Waals surface area contributed by atoms with E-state index < -0.39 is 0 Å². The number of carbonyl (C=O) groups excluding carboxylic acids is 1. The molecule has 1 aromatic carbocycles. The van der Waals surface area contributed by atoms with Gasteiger partial charge in [-0.05, 0) is 25.1 Å². The topological polar surface area (TPSA) is 50.2 Å². The predicted molar refractivity (Wildman–Crippen MR) is 59.3 cm³/mol. The van der Waals surface area contributed by atoms with Gasteiger partial charge in [-0.3, -0.25) is 4.79 Å². The van der Waals surface area contributed by atoms with Crippen LogP contribution >= 0.6 is 11.3 Å². The molecule has 0 aliphatic rings. The molecule has 4 heteroatoms. The third-order valence-electron chi connectivity index (χ3n) is 2.07. The van der Waals surface area contributed by atoms with Crippen LogP contribution in [0.4, 0.5) is 0 Å². The molecule has 15 heavy (non-hydrogen) atoms. The Morgan fingerprint density at radius 2 is 2.27 bits per heavy atom. The number of hydrogen-bond acceptors (Lipinski definition) is 4. The van der Waals surface area contributed by atoms with Gasteiger partial charge in [0.1, 0.15) is 5.75 Å². The van der Waals surface area contributed by atoms with E-state index in [-0.39, 0.29) is 11.3 Å². The van der Waals surface area contributed by atoms with Crippen LogP contribution in [-0.4, -0.2) is 16.4 Å². The number of hydrogen-bond donors (Lipinski definition) is 1. The Balaban J connectivity index is 2.50. The largest absolute Gasteiger partial charge is 0.507 e. The molecule has 1 N–H and O–H groups in total. The van der Waals surface area contributed by atoms with Crippen molar-refractivity contribution in [3.05, 3.63) is 34.2 Å². The maximum absolute atomic E-state index is 10.6. The van der Waals surface area contributed by atoms with Crippen LogP contribution in [0.15, 0.2) is 23.6 Å². The summed E-state index contributed by atoms with van der Waals surface area (Å²) < 4.78 is 0. The molecule has 0 saturated heterocycles. The lowest BCUT2D eigenvalue weighted by Crippen LogP contribution is -1.84. The van der Waals surface area contributed by atoms with E-state index in [0.717, 1.165) is 16.3 Å². The Hall–Kier alpha value is -1.68. The highest BCUT2D eigenvalue weighted by Crippen LogP contribution is 2.25. The molecule has 0 fully saturated rings. The maximum Gasteiger partial charge on any atom is 0.153 e. The summed E-state index contributed by atoms with van der Waals surface area (Å²) in [7, 11) is 0. The number of rotatable bonds is 2. The van der Waals surface area contributed by atoms with Gasteiger partial charge in [0.25, 0.3) is 0 Å². The van der Waals surface area contributed by atoms with Crippen LogP contribution in [0.3, 0.4) is 0 Å². The van der Waals surface area contributed by atoms with Crippen LogP contribution in [0.2, 0.25) is 0 Å². The van der Waals surface area contributed by atoms with Crippen LogP contribution in [0.25, 0.3) is 11.3 Å². The Bertz CT molecular complexity index is 505. The number of phenolic OH excluding ortho intramolecular Hbond substituents is 1. The number of carbonyl (C=O) groups is 1. The fraction of sp³-hybridized carbons (Fsp3) is 0.0909. The number of aromatic nitrogens is 1. The number of thiazole rings is 1. The van der Waals surface area contributed by atoms with Gasteiger partial charge in [0.15, 0.2) is 6.29 Å². The molecule has 76 valence electrons. The third-order valence-corrected chi connectivity index (χ3v) is 2.84. The van der Waals surface area contributed by atoms with Gasteiger partial charge in [0, 0.05) is 10.9 Å². The van der Waals surface area contributed by atoms with Crippen LogP contribution in [-0.2, 0) is 0 Å². The number of aldehydes is 1. The van der Waals surface area contributed by atoms with Crippen molar-refractivity contribution in [1.29, 1.82) is 0 Å². The summed E-state index contributed by atoms with van der Waals surface area (Å²) in [5, 5.41) is 12.2. The summed E-state index contributed by atoms with van der Waals surface area (Å²) in [4.78, 5) is 14.9. The first kappa shape index (κ1) is 9.86. The first-order valence-electron chi connectivity index (χ1n) is 4.41. The molecular weight excluding hydrogens is 210 g/mol. The minimum atomic E-state index is 0.000650. The molecule has 2 aromatic rings. The quantitative estimate of drug-likeness (QED) is 0.790. The van der Waals surface area contributed by atoms with E-state index in [4.69, 9.17) is 0 Å². The van der Waals surface area contributed by atoms with Gasteiger partial charge in [0.2, 0.25) is 0 Å². The zero-order chi connectivity index (χ0) is 10.8. The fourth-order valence-electron chi connectivity index (χ4n) is 1.30. The van der Waals surface area contributed by atoms with E-state index in [9.17, 15) is 9.90 Å². The molecule has 3 nitrogen and oxygen atoms in total. The monoisotopic (exact) mass is 219 g/mol. The minimum Gasteiger partial charge on any atom is -0.507 e. The highest BCUT2D eigenvalue weighted by Gasteiger charge is 2.05. The van der Waals surface area contributed by atoms with Gasteiger partial charge in [-0.1, -0.05) is 0 Å². The predicted octanol–water partition coefficient (Wildman–Crippen LogP) is 2.64. The molecule has 0 bridgehead atoms. The summed E-state index contributed by atoms with van der Waals surface area (Å²) in [6.45, 7) is 1.93. The summed E-state index contributed by atoms with van der Waals surface area (Å²) in [6.07, 6.45) is 0.637. The van der Waals surface area contributed by atoms with Crippen molar-refractivity contribution in [2.45, 2.75) is 6.92 Å². The molecular formula is C11H9NO2S. The van der Waals surface area contributed by atoms with Gasteiger partial charge < -0.3 is 5.11 Å². The van der Waals surface area contributed by atoms with Crippen molar-refractivity contribution >= 4 is 17.6 Å². The second-order valence-electron chi connectivity index (χ2n) is 3.14. The van der Waals surface area contributed by atoms with Crippen LogP contribution in [0, 0.1) is 6.92 Å². The minimum absolute atomic E-state index is 0.000650. The Kier molecular flexibility index (Phi) is 2.51. The molecule has 0 aliphatic heterocycles. The number of nitrogens with zero attached hydrogens (tertiary/aromatic N) is 1. The lowest BCUT2D eigenvalue weighted by Gasteiger charge is -2.00. The fourth-order valence-corrected chi connectivity index (χ4v) is 1.93. The molecule has 0 radical (unpaired) electrons. The maximum atomic E-state index is 10.6. The molecule has 1 aromatic heterocycles. The Morgan fingerprint density at radius 1 is 1.47 bits per heavy atom. The zero-order valence-electron chi connectivity index (χ0n) is 8.10. The molecule has 0 spiro atoms. The summed E-state index contributed by atoms with van der Waals surface area (Å²) >= 11 is 1.55. The van der Waals surface area contributed by atoms with E-state index in [1.54, 1.807) is 23.5 Å². The lowest BCUT2D eigenvalue weighted by atomic mass is 10.1. The highest BCUT2D eigenvalue weighted by atomic mass is 32.1. The average molecular weight is 219 g/mol. The molecule has 0 saturated carbocycles. The number of phenols is 1. The second-order valence-corrected chi connectivity index (χ2v) is 4.21. The van der Waals surface area contributed by atoms with Crippen molar-refractivity contribution in [3.63, 3.8) is 0 Å². The van der Waals surface area contributed by atoms with E-state index in [1.165, 1.54) is 6.07 Å². The summed E-state index contributed by atoms with van der Waals surface area (Å²) in [5.74, 6) is 0.000650. The number of aryl methyl sites for hydroxylation is 1. The molecule has 0 aliphatic carbocycles. The van der Waals surface area contributed by atoms with Crippen molar-refractivity contribution in [1.82, 2.24) is 4.98 Å². The second kappa shape index (κ2) is 3.82.